The number of nitrogens with zero attached hydrogens (tertiary/aromatic N) is 4. The molecular formula is C21H20N4O6. The van der Waals surface area contributed by atoms with Gasteiger partial charge in [-0.2, -0.15) is 0 Å². The van der Waals surface area contributed by atoms with E-state index in [1.54, 1.807) is 35.2 Å². The number of pyridine rings is 1. The Morgan fingerprint density at radius 1 is 1.03 bits per heavy atom. The molecular weight excluding hydrogens is 404 g/mol. The van der Waals surface area contributed by atoms with Crippen molar-refractivity contribution in [2.45, 2.75) is 13.1 Å². The van der Waals surface area contributed by atoms with Crippen LogP contribution in [0, 0.1) is 0 Å². The number of ether oxygens (including phenoxy) is 3. The molecule has 160 valence electrons. The standard InChI is InChI=1S/C21H20N4O6/c26-18(23-6-8-29-9-7-23)12-24-15-2-1-5-22-19(15)20(27)25(21(24)28)11-14-3-4-16-17(10-14)31-13-30-16/h1-5,10H,6-9,11-13H2. The van der Waals surface area contributed by atoms with Crippen LogP contribution < -0.4 is 20.7 Å². The lowest BCUT2D eigenvalue weighted by Crippen LogP contribution is -2.46. The Hall–Kier alpha value is -3.66. The number of benzene rings is 1. The van der Waals surface area contributed by atoms with Crippen molar-refractivity contribution in [1.82, 2.24) is 19.0 Å². The van der Waals surface area contributed by atoms with E-state index in [0.717, 1.165) is 4.57 Å². The van der Waals surface area contributed by atoms with Gasteiger partial charge in [0.15, 0.2) is 17.0 Å². The maximum Gasteiger partial charge on any atom is 0.332 e. The van der Waals surface area contributed by atoms with Crippen molar-refractivity contribution >= 4 is 16.9 Å². The molecule has 10 nitrogen and oxygen atoms in total. The van der Waals surface area contributed by atoms with Gasteiger partial charge in [-0.15, -0.1) is 0 Å². The number of hydrogen-bond acceptors (Lipinski definition) is 7. The smallest absolute Gasteiger partial charge is 0.332 e. The fourth-order valence-corrected chi connectivity index (χ4v) is 3.80. The van der Waals surface area contributed by atoms with Gasteiger partial charge in [0.25, 0.3) is 5.56 Å². The lowest BCUT2D eigenvalue weighted by atomic mass is 10.2. The van der Waals surface area contributed by atoms with Crippen molar-refractivity contribution in [3.8, 4) is 11.5 Å². The molecule has 1 amide bonds. The van der Waals surface area contributed by atoms with Crippen LogP contribution >= 0.6 is 0 Å². The Morgan fingerprint density at radius 2 is 1.84 bits per heavy atom. The summed E-state index contributed by atoms with van der Waals surface area (Å²) in [4.78, 5) is 45.0. The van der Waals surface area contributed by atoms with Crippen molar-refractivity contribution in [1.29, 1.82) is 0 Å². The molecule has 2 aliphatic rings. The first kappa shape index (κ1) is 19.3. The highest BCUT2D eigenvalue weighted by atomic mass is 16.7. The Bertz CT molecular complexity index is 1280. The summed E-state index contributed by atoms with van der Waals surface area (Å²) < 4.78 is 18.4. The first-order valence-corrected chi connectivity index (χ1v) is 9.94. The number of carbonyl (C=O) groups is 1. The normalized spacial score (nSPS) is 15.4. The zero-order valence-electron chi connectivity index (χ0n) is 16.7. The predicted molar refractivity (Wildman–Crippen MR) is 109 cm³/mol. The van der Waals surface area contributed by atoms with Gasteiger partial charge in [0, 0.05) is 19.3 Å². The van der Waals surface area contributed by atoms with Gasteiger partial charge in [-0.3, -0.25) is 18.7 Å². The van der Waals surface area contributed by atoms with Gasteiger partial charge in [0.05, 0.1) is 25.3 Å². The summed E-state index contributed by atoms with van der Waals surface area (Å²) in [6, 6.07) is 8.51. The maximum absolute atomic E-state index is 13.3. The van der Waals surface area contributed by atoms with Crippen LogP contribution in [0.25, 0.3) is 11.0 Å². The van der Waals surface area contributed by atoms with E-state index in [1.807, 2.05) is 0 Å². The van der Waals surface area contributed by atoms with E-state index in [4.69, 9.17) is 14.2 Å². The average Bonchev–Trinajstić information content (AvgIpc) is 3.28. The molecule has 5 rings (SSSR count). The molecule has 1 saturated heterocycles. The molecule has 0 radical (unpaired) electrons. The summed E-state index contributed by atoms with van der Waals surface area (Å²) in [6.07, 6.45) is 1.49. The first-order valence-electron chi connectivity index (χ1n) is 9.94. The van der Waals surface area contributed by atoms with Gasteiger partial charge in [-0.05, 0) is 29.8 Å². The summed E-state index contributed by atoms with van der Waals surface area (Å²) in [5, 5.41) is 0. The summed E-state index contributed by atoms with van der Waals surface area (Å²) in [6.45, 7) is 1.85. The van der Waals surface area contributed by atoms with E-state index in [0.29, 0.717) is 48.9 Å². The molecule has 1 fully saturated rings. The Kier molecular flexibility index (Phi) is 4.91. The summed E-state index contributed by atoms with van der Waals surface area (Å²) >= 11 is 0. The number of fused-ring (bicyclic) bond motifs is 2. The van der Waals surface area contributed by atoms with Crippen LogP contribution in [0.1, 0.15) is 5.56 Å². The second kappa shape index (κ2) is 7.88. The number of rotatable bonds is 4. The molecule has 0 N–H and O–H groups in total. The minimum Gasteiger partial charge on any atom is -0.454 e. The predicted octanol–water partition coefficient (Wildman–Crippen LogP) is 0.194. The average molecular weight is 424 g/mol. The van der Waals surface area contributed by atoms with Gasteiger partial charge < -0.3 is 19.1 Å². The van der Waals surface area contributed by atoms with Gasteiger partial charge in [-0.25, -0.2) is 9.78 Å². The fourth-order valence-electron chi connectivity index (χ4n) is 3.80. The lowest BCUT2D eigenvalue weighted by molar-refractivity contribution is -0.135. The van der Waals surface area contributed by atoms with Crippen LogP contribution in [0.4, 0.5) is 0 Å². The molecule has 0 spiro atoms. The monoisotopic (exact) mass is 424 g/mol. The van der Waals surface area contributed by atoms with E-state index in [-0.39, 0.29) is 31.3 Å². The van der Waals surface area contributed by atoms with Crippen molar-refractivity contribution < 1.29 is 19.0 Å². The van der Waals surface area contributed by atoms with E-state index >= 15 is 0 Å². The topological polar surface area (TPSA) is 105 Å². The number of carbonyl (C=O) groups excluding carboxylic acids is 1. The zero-order chi connectivity index (χ0) is 21.4. The van der Waals surface area contributed by atoms with E-state index in [2.05, 4.69) is 4.98 Å². The van der Waals surface area contributed by atoms with Crippen molar-refractivity contribution in [2.24, 2.45) is 0 Å². The summed E-state index contributed by atoms with van der Waals surface area (Å²) in [5.74, 6) is 0.973. The minimum atomic E-state index is -0.565. The molecule has 0 unspecified atom stereocenters. The van der Waals surface area contributed by atoms with E-state index in [1.165, 1.54) is 10.8 Å². The van der Waals surface area contributed by atoms with Crippen LogP contribution in [-0.4, -0.2) is 58.0 Å². The van der Waals surface area contributed by atoms with Crippen molar-refractivity contribution in [3.63, 3.8) is 0 Å². The molecule has 2 aromatic heterocycles. The Balaban J connectivity index is 1.56. The maximum atomic E-state index is 13.3. The van der Waals surface area contributed by atoms with Crippen LogP contribution in [0.5, 0.6) is 11.5 Å². The van der Waals surface area contributed by atoms with Gasteiger partial charge in [0.1, 0.15) is 6.54 Å². The van der Waals surface area contributed by atoms with Crippen LogP contribution in [0.2, 0.25) is 0 Å². The lowest BCUT2D eigenvalue weighted by Gasteiger charge is -2.27. The highest BCUT2D eigenvalue weighted by Crippen LogP contribution is 2.32. The van der Waals surface area contributed by atoms with E-state index in [9.17, 15) is 14.4 Å². The Labute approximate surface area is 176 Å². The third-order valence-corrected chi connectivity index (χ3v) is 5.42. The SMILES string of the molecule is O=C(Cn1c(=O)n(Cc2ccc3c(c2)OCO3)c(=O)c2ncccc21)N1CCOCC1. The molecule has 0 aliphatic carbocycles. The van der Waals surface area contributed by atoms with Gasteiger partial charge in [-0.1, -0.05) is 6.07 Å². The molecule has 0 saturated carbocycles. The van der Waals surface area contributed by atoms with Crippen molar-refractivity contribution in [3.05, 3.63) is 62.9 Å². The molecule has 10 heteroatoms. The van der Waals surface area contributed by atoms with Crippen molar-refractivity contribution in [2.75, 3.05) is 33.1 Å². The van der Waals surface area contributed by atoms with Crippen LogP contribution in [0.3, 0.4) is 0 Å². The minimum absolute atomic E-state index is 0.0204. The number of aromatic nitrogens is 3. The van der Waals surface area contributed by atoms with Gasteiger partial charge in [0.2, 0.25) is 12.7 Å². The van der Waals surface area contributed by atoms with Crippen LogP contribution in [-0.2, 0) is 22.6 Å². The van der Waals surface area contributed by atoms with Gasteiger partial charge >= 0.3 is 5.69 Å². The highest BCUT2D eigenvalue weighted by Gasteiger charge is 2.21. The molecule has 31 heavy (non-hydrogen) atoms. The molecule has 0 bridgehead atoms. The third kappa shape index (κ3) is 3.55. The summed E-state index contributed by atoms with van der Waals surface area (Å²) in [7, 11) is 0. The zero-order valence-corrected chi connectivity index (χ0v) is 16.7. The van der Waals surface area contributed by atoms with E-state index < -0.39 is 11.2 Å². The number of morpholine rings is 1. The molecule has 1 aromatic carbocycles. The quantitative estimate of drug-likeness (QED) is 0.589. The molecule has 2 aliphatic heterocycles. The first-order chi connectivity index (χ1) is 15.1. The largest absolute Gasteiger partial charge is 0.454 e. The second-order valence-electron chi connectivity index (χ2n) is 7.31. The number of hydrogen-bond donors (Lipinski definition) is 0. The van der Waals surface area contributed by atoms with Crippen LogP contribution in [0.15, 0.2) is 46.1 Å². The molecule has 0 atom stereocenters. The number of amides is 1. The second-order valence-corrected chi connectivity index (χ2v) is 7.31. The molecule has 4 heterocycles. The summed E-state index contributed by atoms with van der Waals surface area (Å²) in [5.41, 5.74) is 0.0987. The Morgan fingerprint density at radius 3 is 2.68 bits per heavy atom. The molecule has 3 aromatic rings. The highest BCUT2D eigenvalue weighted by molar-refractivity contribution is 5.79. The third-order valence-electron chi connectivity index (χ3n) is 5.42. The fraction of sp³-hybridized carbons (Fsp3) is 0.333.